The minimum absolute atomic E-state index is 0.539. The van der Waals surface area contributed by atoms with Crippen molar-refractivity contribution < 1.29 is 0 Å². The highest BCUT2D eigenvalue weighted by Gasteiger charge is 2.31. The molecule has 0 amide bonds. The van der Waals surface area contributed by atoms with Gasteiger partial charge in [0.1, 0.15) is 5.82 Å². The molecule has 1 aliphatic heterocycles. The minimum atomic E-state index is 0.539. The molecule has 0 unspecified atom stereocenters. The van der Waals surface area contributed by atoms with Gasteiger partial charge in [-0.05, 0) is 24.3 Å². The molecule has 4 heteroatoms. The number of nitrogens with two attached hydrogens (primary N) is 1. The van der Waals surface area contributed by atoms with Crippen LogP contribution in [0.15, 0.2) is 12.3 Å². The normalized spacial score (nSPS) is 19.3. The van der Waals surface area contributed by atoms with Crippen molar-refractivity contribution in [2.24, 2.45) is 5.41 Å². The maximum Gasteiger partial charge on any atom is 0.227 e. The predicted molar refractivity (Wildman–Crippen MR) is 70.9 cm³/mol. The third-order valence-electron chi connectivity index (χ3n) is 4.27. The number of nitrogens with zero attached hydrogens (tertiary/aromatic N) is 3. The fourth-order valence-corrected chi connectivity index (χ4v) is 2.65. The van der Waals surface area contributed by atoms with Gasteiger partial charge in [-0.1, -0.05) is 26.7 Å². The lowest BCUT2D eigenvalue weighted by Gasteiger charge is -2.41. The molecule has 1 fully saturated rings. The Morgan fingerprint density at radius 1 is 1.29 bits per heavy atom. The fourth-order valence-electron chi connectivity index (χ4n) is 2.65. The Labute approximate surface area is 103 Å². The van der Waals surface area contributed by atoms with E-state index in [0.29, 0.717) is 11.2 Å². The minimum Gasteiger partial charge on any atom is -0.384 e. The Kier molecular flexibility index (Phi) is 3.50. The van der Waals surface area contributed by atoms with E-state index in [1.807, 2.05) is 0 Å². The molecule has 0 atom stereocenters. The Morgan fingerprint density at radius 2 is 1.94 bits per heavy atom. The van der Waals surface area contributed by atoms with E-state index in [9.17, 15) is 0 Å². The molecule has 0 aromatic carbocycles. The second kappa shape index (κ2) is 4.90. The first kappa shape index (κ1) is 12.1. The van der Waals surface area contributed by atoms with Crippen molar-refractivity contribution in [2.75, 3.05) is 23.7 Å². The summed E-state index contributed by atoms with van der Waals surface area (Å²) in [5, 5.41) is 0. The van der Waals surface area contributed by atoms with Crippen LogP contribution in [0.2, 0.25) is 0 Å². The summed E-state index contributed by atoms with van der Waals surface area (Å²) >= 11 is 0. The third-order valence-corrected chi connectivity index (χ3v) is 4.27. The second-order valence-electron chi connectivity index (χ2n) is 4.98. The van der Waals surface area contributed by atoms with Crippen molar-refractivity contribution in [2.45, 2.75) is 39.5 Å². The summed E-state index contributed by atoms with van der Waals surface area (Å²) in [6, 6.07) is 1.73. The van der Waals surface area contributed by atoms with Crippen molar-refractivity contribution in [1.29, 1.82) is 0 Å². The van der Waals surface area contributed by atoms with Crippen LogP contribution in [0, 0.1) is 5.41 Å². The van der Waals surface area contributed by atoms with Gasteiger partial charge in [0.05, 0.1) is 0 Å². The van der Waals surface area contributed by atoms with Crippen LogP contribution >= 0.6 is 0 Å². The standard InChI is InChI=1S/C13H22N4/c1-3-13(4-2)6-9-17(10-7-13)12-15-8-5-11(14)16-12/h5,8H,3-4,6-7,9-10H2,1-2H3,(H2,14,15,16). The van der Waals surface area contributed by atoms with E-state index < -0.39 is 0 Å². The van der Waals surface area contributed by atoms with Gasteiger partial charge in [0.15, 0.2) is 0 Å². The highest BCUT2D eigenvalue weighted by Crippen LogP contribution is 2.38. The van der Waals surface area contributed by atoms with Gasteiger partial charge >= 0.3 is 0 Å². The molecule has 0 spiro atoms. The van der Waals surface area contributed by atoms with Crippen LogP contribution in [0.1, 0.15) is 39.5 Å². The molecular weight excluding hydrogens is 212 g/mol. The Hall–Kier alpha value is -1.32. The Morgan fingerprint density at radius 3 is 2.47 bits per heavy atom. The predicted octanol–water partition coefficient (Wildman–Crippen LogP) is 2.47. The first-order chi connectivity index (χ1) is 8.19. The first-order valence-electron chi connectivity index (χ1n) is 6.52. The van der Waals surface area contributed by atoms with Gasteiger partial charge in [0.25, 0.3) is 0 Å². The molecule has 0 aliphatic carbocycles. The largest absolute Gasteiger partial charge is 0.384 e. The molecule has 0 radical (unpaired) electrons. The average Bonchev–Trinajstić information content (AvgIpc) is 2.39. The number of hydrogen-bond donors (Lipinski definition) is 1. The highest BCUT2D eigenvalue weighted by atomic mass is 15.3. The van der Waals surface area contributed by atoms with Crippen LogP contribution in [0.25, 0.3) is 0 Å². The van der Waals surface area contributed by atoms with Gasteiger partial charge in [0, 0.05) is 19.3 Å². The van der Waals surface area contributed by atoms with Crippen LogP contribution in [-0.4, -0.2) is 23.1 Å². The monoisotopic (exact) mass is 234 g/mol. The maximum atomic E-state index is 5.69. The van der Waals surface area contributed by atoms with Crippen LogP contribution in [-0.2, 0) is 0 Å². The van der Waals surface area contributed by atoms with Gasteiger partial charge in [-0.2, -0.15) is 4.98 Å². The quantitative estimate of drug-likeness (QED) is 0.873. The molecule has 2 heterocycles. The van der Waals surface area contributed by atoms with Gasteiger partial charge < -0.3 is 10.6 Å². The molecule has 17 heavy (non-hydrogen) atoms. The second-order valence-corrected chi connectivity index (χ2v) is 4.98. The van der Waals surface area contributed by atoms with Crippen molar-refractivity contribution >= 4 is 11.8 Å². The number of anilines is 2. The Balaban J connectivity index is 2.04. The van der Waals surface area contributed by atoms with Crippen molar-refractivity contribution in [1.82, 2.24) is 9.97 Å². The Bertz CT molecular complexity index is 363. The highest BCUT2D eigenvalue weighted by molar-refractivity contribution is 5.38. The molecule has 2 N–H and O–H groups in total. The lowest BCUT2D eigenvalue weighted by atomic mass is 9.74. The fraction of sp³-hybridized carbons (Fsp3) is 0.692. The summed E-state index contributed by atoms with van der Waals surface area (Å²) in [5.41, 5.74) is 6.23. The summed E-state index contributed by atoms with van der Waals surface area (Å²) in [6.45, 7) is 6.70. The van der Waals surface area contributed by atoms with Gasteiger partial charge in [-0.25, -0.2) is 4.98 Å². The summed E-state index contributed by atoms with van der Waals surface area (Å²) < 4.78 is 0. The molecule has 0 saturated carbocycles. The summed E-state index contributed by atoms with van der Waals surface area (Å²) in [7, 11) is 0. The number of aromatic nitrogens is 2. The molecule has 2 rings (SSSR count). The van der Waals surface area contributed by atoms with Crippen molar-refractivity contribution in [3.8, 4) is 0 Å². The van der Waals surface area contributed by atoms with Gasteiger partial charge in [0.2, 0.25) is 5.95 Å². The first-order valence-corrected chi connectivity index (χ1v) is 6.52. The molecule has 1 aromatic rings. The zero-order chi connectivity index (χ0) is 12.3. The van der Waals surface area contributed by atoms with Gasteiger partial charge in [-0.3, -0.25) is 0 Å². The number of hydrogen-bond acceptors (Lipinski definition) is 4. The molecule has 1 saturated heterocycles. The maximum absolute atomic E-state index is 5.69. The van der Waals surface area contributed by atoms with E-state index in [4.69, 9.17) is 5.73 Å². The zero-order valence-corrected chi connectivity index (χ0v) is 10.8. The van der Waals surface area contributed by atoms with E-state index in [2.05, 4.69) is 28.7 Å². The van der Waals surface area contributed by atoms with Crippen LogP contribution in [0.4, 0.5) is 11.8 Å². The number of rotatable bonds is 3. The summed E-state index contributed by atoms with van der Waals surface area (Å²) in [6.07, 6.45) is 6.75. The van der Waals surface area contributed by atoms with Crippen LogP contribution < -0.4 is 10.6 Å². The molecule has 4 nitrogen and oxygen atoms in total. The number of piperidine rings is 1. The van der Waals surface area contributed by atoms with E-state index in [1.165, 1.54) is 25.7 Å². The average molecular weight is 234 g/mol. The van der Waals surface area contributed by atoms with Crippen LogP contribution in [0.3, 0.4) is 0 Å². The summed E-state index contributed by atoms with van der Waals surface area (Å²) in [4.78, 5) is 10.8. The van der Waals surface area contributed by atoms with E-state index in [0.717, 1.165) is 19.0 Å². The lowest BCUT2D eigenvalue weighted by molar-refractivity contribution is 0.199. The van der Waals surface area contributed by atoms with Crippen LogP contribution in [0.5, 0.6) is 0 Å². The van der Waals surface area contributed by atoms with E-state index in [1.54, 1.807) is 12.3 Å². The topological polar surface area (TPSA) is 55.0 Å². The molecule has 94 valence electrons. The van der Waals surface area contributed by atoms with E-state index >= 15 is 0 Å². The van der Waals surface area contributed by atoms with E-state index in [-0.39, 0.29) is 0 Å². The van der Waals surface area contributed by atoms with Gasteiger partial charge in [-0.15, -0.1) is 0 Å². The molecule has 1 aromatic heterocycles. The van der Waals surface area contributed by atoms with Crippen molar-refractivity contribution in [3.63, 3.8) is 0 Å². The third kappa shape index (κ3) is 2.51. The van der Waals surface area contributed by atoms with Crippen molar-refractivity contribution in [3.05, 3.63) is 12.3 Å². The number of nitrogen functional groups attached to an aromatic ring is 1. The zero-order valence-electron chi connectivity index (χ0n) is 10.8. The molecular formula is C13H22N4. The SMILES string of the molecule is CCC1(CC)CCN(c2nccc(N)n2)CC1. The molecule has 0 bridgehead atoms. The molecule has 1 aliphatic rings. The lowest BCUT2D eigenvalue weighted by Crippen LogP contribution is -2.40. The smallest absolute Gasteiger partial charge is 0.227 e. The summed E-state index contributed by atoms with van der Waals surface area (Å²) in [5.74, 6) is 1.34.